The van der Waals surface area contributed by atoms with Crippen molar-refractivity contribution in [3.8, 4) is 11.5 Å². The molecule has 33 heavy (non-hydrogen) atoms. The molecule has 1 atom stereocenters. The molecule has 0 heterocycles. The SMILES string of the molecule is COc1ccc(CCNC(=S)NNC(=O)[C@H](Sc2ccccc2)c2ccccc2)cc1OC. The molecule has 0 unspecified atom stereocenters. The highest BCUT2D eigenvalue weighted by Gasteiger charge is 2.22. The van der Waals surface area contributed by atoms with E-state index in [-0.39, 0.29) is 5.91 Å². The second kappa shape index (κ2) is 12.7. The molecule has 0 aliphatic carbocycles. The van der Waals surface area contributed by atoms with Crippen LogP contribution in [0, 0.1) is 0 Å². The van der Waals surface area contributed by atoms with Gasteiger partial charge >= 0.3 is 0 Å². The zero-order chi connectivity index (χ0) is 23.5. The number of thioether (sulfide) groups is 1. The van der Waals surface area contributed by atoms with Gasteiger partial charge in [-0.25, -0.2) is 0 Å². The van der Waals surface area contributed by atoms with Crippen LogP contribution in [0.2, 0.25) is 0 Å². The highest BCUT2D eigenvalue weighted by molar-refractivity contribution is 8.00. The lowest BCUT2D eigenvalue weighted by Crippen LogP contribution is -2.48. The number of nitrogens with one attached hydrogen (secondary N) is 3. The van der Waals surface area contributed by atoms with Crippen LogP contribution in [0.4, 0.5) is 0 Å². The fourth-order valence-electron chi connectivity index (χ4n) is 3.12. The zero-order valence-corrected chi connectivity index (χ0v) is 20.2. The van der Waals surface area contributed by atoms with Gasteiger partial charge in [0.05, 0.1) is 14.2 Å². The van der Waals surface area contributed by atoms with Crippen molar-refractivity contribution in [1.29, 1.82) is 0 Å². The molecule has 3 N–H and O–H groups in total. The van der Waals surface area contributed by atoms with Crippen molar-refractivity contribution in [2.75, 3.05) is 20.8 Å². The molecule has 0 spiro atoms. The first-order valence-electron chi connectivity index (χ1n) is 10.4. The van der Waals surface area contributed by atoms with E-state index in [1.54, 1.807) is 14.2 Å². The van der Waals surface area contributed by atoms with Gasteiger partial charge in [-0.1, -0.05) is 54.6 Å². The van der Waals surface area contributed by atoms with E-state index in [0.717, 1.165) is 22.4 Å². The van der Waals surface area contributed by atoms with Crippen molar-refractivity contribution >= 4 is 35.0 Å². The first-order valence-corrected chi connectivity index (χ1v) is 11.7. The minimum Gasteiger partial charge on any atom is -0.493 e. The summed E-state index contributed by atoms with van der Waals surface area (Å²) in [7, 11) is 3.22. The maximum absolute atomic E-state index is 13.0. The second-order valence-electron chi connectivity index (χ2n) is 7.03. The van der Waals surface area contributed by atoms with Gasteiger partial charge in [-0.2, -0.15) is 0 Å². The van der Waals surface area contributed by atoms with Crippen LogP contribution in [0.3, 0.4) is 0 Å². The normalized spacial score (nSPS) is 11.2. The van der Waals surface area contributed by atoms with Gasteiger partial charge in [-0.3, -0.25) is 15.6 Å². The van der Waals surface area contributed by atoms with Gasteiger partial charge in [0.25, 0.3) is 5.91 Å². The van der Waals surface area contributed by atoms with Crippen LogP contribution in [0.15, 0.2) is 83.8 Å². The lowest BCUT2D eigenvalue weighted by atomic mass is 10.1. The number of methoxy groups -OCH3 is 2. The van der Waals surface area contributed by atoms with Gasteiger partial charge in [0.2, 0.25) is 0 Å². The third kappa shape index (κ3) is 7.40. The average Bonchev–Trinajstić information content (AvgIpc) is 2.86. The number of carbonyl (C=O) groups excluding carboxylic acids is 1. The van der Waals surface area contributed by atoms with Crippen molar-refractivity contribution in [2.45, 2.75) is 16.6 Å². The Hall–Kier alpha value is -3.23. The number of benzene rings is 3. The Bertz CT molecular complexity index is 1050. The van der Waals surface area contributed by atoms with E-state index in [9.17, 15) is 4.79 Å². The number of hydrogen-bond donors (Lipinski definition) is 3. The van der Waals surface area contributed by atoms with E-state index in [2.05, 4.69) is 16.2 Å². The summed E-state index contributed by atoms with van der Waals surface area (Å²) in [4.78, 5) is 14.0. The van der Waals surface area contributed by atoms with Crippen LogP contribution < -0.4 is 25.6 Å². The summed E-state index contributed by atoms with van der Waals surface area (Å²) in [5.41, 5.74) is 7.54. The molecule has 0 bridgehead atoms. The molecule has 0 aromatic heterocycles. The molecular weight excluding hydrogens is 454 g/mol. The van der Waals surface area contributed by atoms with Crippen molar-refractivity contribution in [3.05, 3.63) is 90.0 Å². The molecule has 172 valence electrons. The third-order valence-electron chi connectivity index (χ3n) is 4.78. The van der Waals surface area contributed by atoms with E-state index in [4.69, 9.17) is 21.7 Å². The Labute approximate surface area is 204 Å². The van der Waals surface area contributed by atoms with E-state index in [1.165, 1.54) is 11.8 Å². The lowest BCUT2D eigenvalue weighted by molar-refractivity contribution is -0.121. The van der Waals surface area contributed by atoms with Gasteiger partial charge in [0.15, 0.2) is 16.6 Å². The Morgan fingerprint density at radius 1 is 0.909 bits per heavy atom. The minimum atomic E-state index is -0.421. The van der Waals surface area contributed by atoms with Gasteiger partial charge in [0.1, 0.15) is 5.25 Å². The first kappa shape index (κ1) is 24.4. The smallest absolute Gasteiger partial charge is 0.256 e. The summed E-state index contributed by atoms with van der Waals surface area (Å²) >= 11 is 6.81. The highest BCUT2D eigenvalue weighted by Crippen LogP contribution is 2.35. The van der Waals surface area contributed by atoms with Crippen LogP contribution in [0.25, 0.3) is 0 Å². The Morgan fingerprint density at radius 2 is 1.58 bits per heavy atom. The first-order chi connectivity index (χ1) is 16.1. The fraction of sp³-hybridized carbons (Fsp3) is 0.200. The molecule has 3 rings (SSSR count). The number of ether oxygens (including phenoxy) is 2. The minimum absolute atomic E-state index is 0.181. The monoisotopic (exact) mass is 481 g/mol. The van der Waals surface area contributed by atoms with Gasteiger partial charge < -0.3 is 14.8 Å². The molecule has 6 nitrogen and oxygen atoms in total. The van der Waals surface area contributed by atoms with Crippen LogP contribution in [-0.4, -0.2) is 31.8 Å². The topological polar surface area (TPSA) is 71.6 Å². The molecule has 0 aliphatic rings. The predicted octanol–water partition coefficient (Wildman–Crippen LogP) is 4.28. The molecule has 0 fully saturated rings. The maximum Gasteiger partial charge on any atom is 0.256 e. The average molecular weight is 482 g/mol. The van der Waals surface area contributed by atoms with Crippen molar-refractivity contribution in [3.63, 3.8) is 0 Å². The van der Waals surface area contributed by atoms with E-state index < -0.39 is 5.25 Å². The summed E-state index contributed by atoms with van der Waals surface area (Å²) in [6.45, 7) is 0.595. The third-order valence-corrected chi connectivity index (χ3v) is 6.30. The van der Waals surface area contributed by atoms with Gasteiger partial charge in [-0.15, -0.1) is 11.8 Å². The summed E-state index contributed by atoms with van der Waals surface area (Å²) in [5, 5.41) is 3.03. The summed E-state index contributed by atoms with van der Waals surface area (Å²) in [6.07, 6.45) is 0.729. The number of thiocarbonyl (C=S) groups is 1. The molecular formula is C25H27N3O3S2. The highest BCUT2D eigenvalue weighted by atomic mass is 32.2. The second-order valence-corrected chi connectivity index (χ2v) is 8.62. The molecule has 3 aromatic rings. The molecule has 0 aliphatic heterocycles. The summed E-state index contributed by atoms with van der Waals surface area (Å²) < 4.78 is 10.6. The van der Waals surface area contributed by atoms with Crippen LogP contribution in [0.5, 0.6) is 11.5 Å². The van der Waals surface area contributed by atoms with Crippen LogP contribution in [0.1, 0.15) is 16.4 Å². The van der Waals surface area contributed by atoms with Crippen molar-refractivity contribution in [2.24, 2.45) is 0 Å². The van der Waals surface area contributed by atoms with E-state index >= 15 is 0 Å². The Kier molecular flexibility index (Phi) is 9.41. The number of amides is 1. The standard InChI is InChI=1S/C25H27N3O3S2/c1-30-21-14-13-18(17-22(21)31-2)15-16-26-25(32)28-27-24(29)23(19-9-5-3-6-10-19)33-20-11-7-4-8-12-20/h3-14,17,23H,15-16H2,1-2H3,(H,27,29)(H2,26,28,32)/t23-/m1/s1. The van der Waals surface area contributed by atoms with Gasteiger partial charge in [0, 0.05) is 11.4 Å². The van der Waals surface area contributed by atoms with Crippen molar-refractivity contribution in [1.82, 2.24) is 16.2 Å². The molecule has 0 saturated heterocycles. The zero-order valence-electron chi connectivity index (χ0n) is 18.5. The molecule has 3 aromatic carbocycles. The molecule has 0 saturated carbocycles. The number of carbonyl (C=O) groups is 1. The largest absolute Gasteiger partial charge is 0.493 e. The summed E-state index contributed by atoms with van der Waals surface area (Å²) in [6, 6.07) is 25.3. The molecule has 1 amide bonds. The lowest BCUT2D eigenvalue weighted by Gasteiger charge is -2.18. The van der Waals surface area contributed by atoms with Crippen molar-refractivity contribution < 1.29 is 14.3 Å². The summed E-state index contributed by atoms with van der Waals surface area (Å²) in [5.74, 6) is 1.19. The Balaban J connectivity index is 1.52. The number of rotatable bonds is 9. The molecule has 8 heteroatoms. The number of hydrazine groups is 1. The Morgan fingerprint density at radius 3 is 2.24 bits per heavy atom. The predicted molar refractivity (Wildman–Crippen MR) is 137 cm³/mol. The van der Waals surface area contributed by atoms with E-state index in [0.29, 0.717) is 23.2 Å². The fourth-order valence-corrected chi connectivity index (χ4v) is 4.32. The maximum atomic E-state index is 13.0. The quantitative estimate of drug-likeness (QED) is 0.239. The molecule has 0 radical (unpaired) electrons. The van der Waals surface area contributed by atoms with Gasteiger partial charge in [-0.05, 0) is 54.0 Å². The van der Waals surface area contributed by atoms with E-state index in [1.807, 2.05) is 78.9 Å². The van der Waals surface area contributed by atoms with Crippen LogP contribution in [-0.2, 0) is 11.2 Å². The van der Waals surface area contributed by atoms with Crippen LogP contribution >= 0.6 is 24.0 Å². The number of hydrogen-bond acceptors (Lipinski definition) is 5.